The van der Waals surface area contributed by atoms with E-state index < -0.39 is 12.1 Å². The highest BCUT2D eigenvalue weighted by molar-refractivity contribution is 7.10. The number of carbonyl (C=O) groups is 2. The van der Waals surface area contributed by atoms with Crippen molar-refractivity contribution in [2.75, 3.05) is 6.54 Å². The first kappa shape index (κ1) is 11.7. The van der Waals surface area contributed by atoms with Crippen LogP contribution in [0, 0.1) is 0 Å². The molecule has 0 fully saturated rings. The van der Waals surface area contributed by atoms with Crippen molar-refractivity contribution in [3.8, 4) is 0 Å². The third-order valence-electron chi connectivity index (χ3n) is 1.69. The Morgan fingerprint density at radius 3 is 2.80 bits per heavy atom. The molecule has 0 saturated heterocycles. The van der Waals surface area contributed by atoms with Gasteiger partial charge in [-0.25, -0.2) is 4.79 Å². The smallest absolute Gasteiger partial charge is 0.334 e. The summed E-state index contributed by atoms with van der Waals surface area (Å²) in [6.07, 6.45) is -1.33. The molecule has 5 nitrogen and oxygen atoms in total. The highest BCUT2D eigenvalue weighted by Gasteiger charge is 2.14. The van der Waals surface area contributed by atoms with Crippen LogP contribution in [0.1, 0.15) is 4.88 Å². The molecule has 1 atom stereocenters. The molecule has 0 spiro atoms. The van der Waals surface area contributed by atoms with Gasteiger partial charge in [-0.05, 0) is 11.4 Å². The standard InChI is InChI=1S/C9H11NO4S/c11-7(9(13)14)5-10-8(12)4-6-2-1-3-15-6/h1-3,7,11H,4-5H2,(H,10,12)(H,13,14)/t7-/m0/s1. The maximum absolute atomic E-state index is 11.2. The summed E-state index contributed by atoms with van der Waals surface area (Å²) in [4.78, 5) is 22.4. The second-order valence-corrected chi connectivity index (χ2v) is 3.95. The molecule has 0 saturated carbocycles. The van der Waals surface area contributed by atoms with Crippen LogP contribution in [0.15, 0.2) is 17.5 Å². The van der Waals surface area contributed by atoms with Gasteiger partial charge in [0, 0.05) is 4.88 Å². The van der Waals surface area contributed by atoms with Gasteiger partial charge in [0.2, 0.25) is 5.91 Å². The van der Waals surface area contributed by atoms with E-state index in [0.29, 0.717) is 0 Å². The van der Waals surface area contributed by atoms with Crippen LogP contribution in [-0.4, -0.2) is 34.7 Å². The molecule has 0 aliphatic carbocycles. The number of rotatable bonds is 5. The summed E-state index contributed by atoms with van der Waals surface area (Å²) in [6, 6.07) is 3.65. The minimum atomic E-state index is -1.54. The fourth-order valence-electron chi connectivity index (χ4n) is 0.932. The highest BCUT2D eigenvalue weighted by atomic mass is 32.1. The zero-order chi connectivity index (χ0) is 11.3. The number of hydrogen-bond donors (Lipinski definition) is 3. The number of hydrogen-bond acceptors (Lipinski definition) is 4. The third kappa shape index (κ3) is 4.09. The van der Waals surface area contributed by atoms with Gasteiger partial charge in [-0.2, -0.15) is 0 Å². The molecule has 1 amide bonds. The summed E-state index contributed by atoms with van der Waals surface area (Å²) in [6.45, 7) is -0.264. The Morgan fingerprint density at radius 1 is 1.53 bits per heavy atom. The van der Waals surface area contributed by atoms with Gasteiger partial charge in [0.25, 0.3) is 0 Å². The van der Waals surface area contributed by atoms with Gasteiger partial charge in [-0.15, -0.1) is 11.3 Å². The fourth-order valence-corrected chi connectivity index (χ4v) is 1.64. The molecule has 0 aromatic carbocycles. The number of carboxylic acid groups (broad SMARTS) is 1. The van der Waals surface area contributed by atoms with Gasteiger partial charge in [-0.1, -0.05) is 6.07 Å². The van der Waals surface area contributed by atoms with Crippen molar-refractivity contribution in [3.05, 3.63) is 22.4 Å². The van der Waals surface area contributed by atoms with Crippen LogP contribution in [0.3, 0.4) is 0 Å². The maximum atomic E-state index is 11.2. The molecular formula is C9H11NO4S. The summed E-state index contributed by atoms with van der Waals surface area (Å²) >= 11 is 1.45. The largest absolute Gasteiger partial charge is 0.479 e. The summed E-state index contributed by atoms with van der Waals surface area (Å²) in [5, 5.41) is 21.4. The van der Waals surface area contributed by atoms with E-state index in [2.05, 4.69) is 5.32 Å². The van der Waals surface area contributed by atoms with E-state index in [1.165, 1.54) is 11.3 Å². The van der Waals surface area contributed by atoms with Gasteiger partial charge < -0.3 is 15.5 Å². The van der Waals surface area contributed by atoms with Crippen molar-refractivity contribution in [1.82, 2.24) is 5.32 Å². The fraction of sp³-hybridized carbons (Fsp3) is 0.333. The van der Waals surface area contributed by atoms with Crippen molar-refractivity contribution < 1.29 is 19.8 Å². The van der Waals surface area contributed by atoms with Crippen LogP contribution in [0.5, 0.6) is 0 Å². The van der Waals surface area contributed by atoms with E-state index in [0.717, 1.165) is 4.88 Å². The molecule has 6 heteroatoms. The van der Waals surface area contributed by atoms with Crippen molar-refractivity contribution in [2.45, 2.75) is 12.5 Å². The van der Waals surface area contributed by atoms with E-state index in [1.807, 2.05) is 17.5 Å². The van der Waals surface area contributed by atoms with Crippen LogP contribution < -0.4 is 5.32 Å². The summed E-state index contributed by atoms with van der Waals surface area (Å²) in [5.74, 6) is -1.64. The normalized spacial score (nSPS) is 12.1. The molecule has 0 aliphatic heterocycles. The summed E-state index contributed by atoms with van der Waals surface area (Å²) in [7, 11) is 0. The number of thiophene rings is 1. The van der Waals surface area contributed by atoms with Crippen molar-refractivity contribution >= 4 is 23.2 Å². The van der Waals surface area contributed by atoms with E-state index in [-0.39, 0.29) is 18.9 Å². The zero-order valence-corrected chi connectivity index (χ0v) is 8.66. The number of carbonyl (C=O) groups excluding carboxylic acids is 1. The predicted octanol–water partition coefficient (Wildman–Crippen LogP) is -0.148. The molecule has 1 aromatic rings. The summed E-state index contributed by atoms with van der Waals surface area (Å²) in [5.41, 5.74) is 0. The molecule has 3 N–H and O–H groups in total. The lowest BCUT2D eigenvalue weighted by Gasteiger charge is -2.06. The summed E-state index contributed by atoms with van der Waals surface area (Å²) < 4.78 is 0. The Balaban J connectivity index is 2.28. The first-order valence-electron chi connectivity index (χ1n) is 4.29. The first-order chi connectivity index (χ1) is 7.09. The maximum Gasteiger partial charge on any atom is 0.334 e. The molecule has 82 valence electrons. The third-order valence-corrected chi connectivity index (χ3v) is 2.57. The van der Waals surface area contributed by atoms with Gasteiger partial charge in [-0.3, -0.25) is 4.79 Å². The average Bonchev–Trinajstić information content (AvgIpc) is 2.66. The van der Waals surface area contributed by atoms with E-state index >= 15 is 0 Å². The number of aliphatic hydroxyl groups excluding tert-OH is 1. The Labute approximate surface area is 90.4 Å². The van der Waals surface area contributed by atoms with Crippen molar-refractivity contribution in [2.24, 2.45) is 0 Å². The van der Waals surface area contributed by atoms with E-state index in [1.54, 1.807) is 0 Å². The minimum Gasteiger partial charge on any atom is -0.479 e. The lowest BCUT2D eigenvalue weighted by atomic mass is 10.3. The van der Waals surface area contributed by atoms with E-state index in [4.69, 9.17) is 10.2 Å². The highest BCUT2D eigenvalue weighted by Crippen LogP contribution is 2.08. The molecule has 1 aromatic heterocycles. The average molecular weight is 229 g/mol. The Bertz CT molecular complexity index is 336. The second-order valence-electron chi connectivity index (χ2n) is 2.91. The molecule has 1 heterocycles. The SMILES string of the molecule is O=C(Cc1cccs1)NC[C@H](O)C(=O)O. The van der Waals surface area contributed by atoms with Crippen LogP contribution in [0.2, 0.25) is 0 Å². The number of amides is 1. The van der Waals surface area contributed by atoms with Crippen LogP contribution in [0.25, 0.3) is 0 Å². The van der Waals surface area contributed by atoms with Gasteiger partial charge in [0.05, 0.1) is 13.0 Å². The van der Waals surface area contributed by atoms with E-state index in [9.17, 15) is 9.59 Å². The number of aliphatic hydroxyl groups is 1. The Kier molecular flexibility index (Phi) is 4.26. The zero-order valence-electron chi connectivity index (χ0n) is 7.84. The van der Waals surface area contributed by atoms with Crippen LogP contribution in [-0.2, 0) is 16.0 Å². The van der Waals surface area contributed by atoms with Crippen molar-refractivity contribution in [3.63, 3.8) is 0 Å². The molecule has 15 heavy (non-hydrogen) atoms. The number of aliphatic carboxylic acids is 1. The van der Waals surface area contributed by atoms with Crippen LogP contribution in [0.4, 0.5) is 0 Å². The van der Waals surface area contributed by atoms with Crippen LogP contribution >= 0.6 is 11.3 Å². The Morgan fingerprint density at radius 2 is 2.27 bits per heavy atom. The molecule has 1 rings (SSSR count). The predicted molar refractivity (Wildman–Crippen MR) is 54.7 cm³/mol. The second kappa shape index (κ2) is 5.47. The lowest BCUT2D eigenvalue weighted by Crippen LogP contribution is -2.37. The molecule has 0 aliphatic rings. The van der Waals surface area contributed by atoms with Gasteiger partial charge >= 0.3 is 5.97 Å². The van der Waals surface area contributed by atoms with Crippen molar-refractivity contribution in [1.29, 1.82) is 0 Å². The topological polar surface area (TPSA) is 86.6 Å². The molecule has 0 radical (unpaired) electrons. The molecular weight excluding hydrogens is 218 g/mol. The quantitative estimate of drug-likeness (QED) is 0.655. The lowest BCUT2D eigenvalue weighted by molar-refractivity contribution is -0.146. The number of nitrogens with one attached hydrogen (secondary N) is 1. The van der Waals surface area contributed by atoms with Gasteiger partial charge in [0.15, 0.2) is 6.10 Å². The molecule has 0 unspecified atom stereocenters. The van der Waals surface area contributed by atoms with Gasteiger partial charge in [0.1, 0.15) is 0 Å². The molecule has 0 bridgehead atoms. The Hall–Kier alpha value is -1.40. The number of carboxylic acids is 1. The minimum absolute atomic E-state index is 0.212. The monoisotopic (exact) mass is 229 g/mol. The first-order valence-corrected chi connectivity index (χ1v) is 5.17.